The van der Waals surface area contributed by atoms with E-state index in [1.54, 1.807) is 7.05 Å². The summed E-state index contributed by atoms with van der Waals surface area (Å²) in [5.41, 5.74) is -0.325. The summed E-state index contributed by atoms with van der Waals surface area (Å²) in [7, 11) is 1.69. The minimum absolute atomic E-state index is 0.103. The van der Waals surface area contributed by atoms with Crippen molar-refractivity contribution in [1.82, 2.24) is 16.0 Å². The zero-order valence-electron chi connectivity index (χ0n) is 10.7. The first kappa shape index (κ1) is 13.5. The van der Waals surface area contributed by atoms with Gasteiger partial charge in [0, 0.05) is 19.6 Å². The van der Waals surface area contributed by atoms with E-state index in [0.29, 0.717) is 6.04 Å². The Bertz CT molecular complexity index is 220. The molecule has 3 N–H and O–H groups in total. The smallest absolute Gasteiger partial charge is 0.226 e. The van der Waals surface area contributed by atoms with Crippen LogP contribution in [0.25, 0.3) is 0 Å². The minimum Gasteiger partial charge on any atom is -0.359 e. The average molecular weight is 227 g/mol. The highest BCUT2D eigenvalue weighted by molar-refractivity contribution is 5.81. The lowest BCUT2D eigenvalue weighted by Crippen LogP contribution is -2.45. The first-order valence-electron chi connectivity index (χ1n) is 6.22. The Labute approximate surface area is 98.6 Å². The molecule has 1 amide bonds. The van der Waals surface area contributed by atoms with Gasteiger partial charge < -0.3 is 16.0 Å². The summed E-state index contributed by atoms with van der Waals surface area (Å²) >= 11 is 0. The lowest BCUT2D eigenvalue weighted by molar-refractivity contribution is -0.128. The highest BCUT2D eigenvalue weighted by atomic mass is 16.2. The zero-order chi connectivity index (χ0) is 12.0. The quantitative estimate of drug-likeness (QED) is 0.655. The second-order valence-corrected chi connectivity index (χ2v) is 5.22. The number of nitrogens with one attached hydrogen (secondary N) is 3. The molecule has 4 heteroatoms. The van der Waals surface area contributed by atoms with E-state index in [1.165, 1.54) is 12.8 Å². The van der Waals surface area contributed by atoms with E-state index in [4.69, 9.17) is 0 Å². The van der Waals surface area contributed by atoms with Crippen LogP contribution in [-0.4, -0.2) is 38.6 Å². The number of rotatable bonds is 4. The number of amides is 1. The Hall–Kier alpha value is -0.610. The third-order valence-corrected chi connectivity index (χ3v) is 3.25. The van der Waals surface area contributed by atoms with Crippen molar-refractivity contribution < 1.29 is 4.79 Å². The van der Waals surface area contributed by atoms with Crippen LogP contribution in [0.3, 0.4) is 0 Å². The van der Waals surface area contributed by atoms with Crippen LogP contribution in [0.4, 0.5) is 0 Å². The molecule has 4 nitrogen and oxygen atoms in total. The van der Waals surface area contributed by atoms with Crippen LogP contribution >= 0.6 is 0 Å². The van der Waals surface area contributed by atoms with Crippen molar-refractivity contribution in [3.8, 4) is 0 Å². The van der Waals surface area contributed by atoms with Gasteiger partial charge >= 0.3 is 0 Å². The molecule has 0 bridgehead atoms. The number of hydrogen-bond donors (Lipinski definition) is 3. The maximum absolute atomic E-state index is 11.6. The summed E-state index contributed by atoms with van der Waals surface area (Å²) in [6.45, 7) is 6.91. The van der Waals surface area contributed by atoms with Crippen LogP contribution in [-0.2, 0) is 4.79 Å². The van der Waals surface area contributed by atoms with Crippen LogP contribution < -0.4 is 16.0 Å². The van der Waals surface area contributed by atoms with Gasteiger partial charge in [-0.05, 0) is 46.2 Å². The number of hydrogen-bond acceptors (Lipinski definition) is 3. The van der Waals surface area contributed by atoms with Gasteiger partial charge in [-0.1, -0.05) is 0 Å². The Morgan fingerprint density at radius 3 is 2.81 bits per heavy atom. The highest BCUT2D eigenvalue weighted by Crippen LogP contribution is 2.15. The molecule has 0 spiro atoms. The van der Waals surface area contributed by atoms with Crippen molar-refractivity contribution in [2.24, 2.45) is 5.41 Å². The summed E-state index contributed by atoms with van der Waals surface area (Å²) in [5.74, 6) is 0.103. The molecule has 0 saturated carbocycles. The Balaban J connectivity index is 2.34. The average Bonchev–Trinajstić information content (AvgIpc) is 2.53. The normalized spacial score (nSPS) is 22.6. The largest absolute Gasteiger partial charge is 0.359 e. The van der Waals surface area contributed by atoms with E-state index < -0.39 is 0 Å². The molecule has 0 aromatic rings. The van der Waals surface area contributed by atoms with Crippen molar-refractivity contribution in [3.05, 3.63) is 0 Å². The van der Waals surface area contributed by atoms with Gasteiger partial charge in [-0.15, -0.1) is 0 Å². The van der Waals surface area contributed by atoms with Crippen molar-refractivity contribution in [3.63, 3.8) is 0 Å². The summed E-state index contributed by atoms with van der Waals surface area (Å²) < 4.78 is 0. The molecule has 1 aliphatic rings. The Kier molecular flexibility index (Phi) is 5.22. The first-order chi connectivity index (χ1) is 7.56. The third-order valence-electron chi connectivity index (χ3n) is 3.25. The third kappa shape index (κ3) is 4.10. The fraction of sp³-hybridized carbons (Fsp3) is 0.917. The van der Waals surface area contributed by atoms with Crippen LogP contribution in [0.15, 0.2) is 0 Å². The fourth-order valence-corrected chi connectivity index (χ4v) is 2.04. The van der Waals surface area contributed by atoms with E-state index >= 15 is 0 Å². The standard InChI is InChI=1S/C12H25N3O/c1-12(2,11(16)13-3)9-15-10-5-4-7-14-8-6-10/h10,14-15H,4-9H2,1-3H3,(H,13,16). The second kappa shape index (κ2) is 6.21. The molecular weight excluding hydrogens is 202 g/mol. The summed E-state index contributed by atoms with van der Waals surface area (Å²) in [5, 5.41) is 9.62. The molecule has 1 rings (SSSR count). The fourth-order valence-electron chi connectivity index (χ4n) is 2.04. The van der Waals surface area contributed by atoms with Crippen LogP contribution in [0, 0.1) is 5.41 Å². The van der Waals surface area contributed by atoms with E-state index in [-0.39, 0.29) is 11.3 Å². The van der Waals surface area contributed by atoms with Gasteiger partial charge in [-0.3, -0.25) is 4.79 Å². The lowest BCUT2D eigenvalue weighted by atomic mass is 9.91. The van der Waals surface area contributed by atoms with E-state index in [2.05, 4.69) is 16.0 Å². The maximum atomic E-state index is 11.6. The van der Waals surface area contributed by atoms with Crippen LogP contribution in [0.2, 0.25) is 0 Å². The van der Waals surface area contributed by atoms with Gasteiger partial charge in [0.1, 0.15) is 0 Å². The van der Waals surface area contributed by atoms with Crippen molar-refractivity contribution in [2.45, 2.75) is 39.2 Å². The molecule has 1 heterocycles. The minimum atomic E-state index is -0.325. The number of carbonyl (C=O) groups excluding carboxylic acids is 1. The lowest BCUT2D eigenvalue weighted by Gasteiger charge is -2.26. The SMILES string of the molecule is CNC(=O)C(C)(C)CNC1CCCNCC1. The topological polar surface area (TPSA) is 53.2 Å². The molecule has 1 atom stereocenters. The van der Waals surface area contributed by atoms with Crippen molar-refractivity contribution in [2.75, 3.05) is 26.7 Å². The molecule has 1 fully saturated rings. The highest BCUT2D eigenvalue weighted by Gasteiger charge is 2.27. The van der Waals surface area contributed by atoms with E-state index in [1.807, 2.05) is 13.8 Å². The molecule has 0 aliphatic carbocycles. The van der Waals surface area contributed by atoms with Gasteiger partial charge in [0.25, 0.3) is 0 Å². The molecule has 0 aromatic heterocycles. The zero-order valence-corrected chi connectivity index (χ0v) is 10.7. The van der Waals surface area contributed by atoms with Gasteiger partial charge in [-0.2, -0.15) is 0 Å². The molecule has 94 valence electrons. The van der Waals surface area contributed by atoms with Crippen LogP contribution in [0.5, 0.6) is 0 Å². The molecule has 16 heavy (non-hydrogen) atoms. The Morgan fingerprint density at radius 1 is 1.38 bits per heavy atom. The molecule has 1 unspecified atom stereocenters. The molecule has 1 saturated heterocycles. The number of carbonyl (C=O) groups is 1. The van der Waals surface area contributed by atoms with Gasteiger partial charge in [0.2, 0.25) is 5.91 Å². The second-order valence-electron chi connectivity index (χ2n) is 5.22. The van der Waals surface area contributed by atoms with Crippen molar-refractivity contribution >= 4 is 5.91 Å². The van der Waals surface area contributed by atoms with Crippen LogP contribution in [0.1, 0.15) is 33.1 Å². The summed E-state index contributed by atoms with van der Waals surface area (Å²) in [6.07, 6.45) is 3.58. The van der Waals surface area contributed by atoms with Gasteiger partial charge in [-0.25, -0.2) is 0 Å². The monoisotopic (exact) mass is 227 g/mol. The molecule has 0 radical (unpaired) electrons. The molecule has 0 aromatic carbocycles. The van der Waals surface area contributed by atoms with Crippen molar-refractivity contribution in [1.29, 1.82) is 0 Å². The molecule has 1 aliphatic heterocycles. The predicted octanol–water partition coefficient (Wildman–Crippen LogP) is 0.490. The maximum Gasteiger partial charge on any atom is 0.226 e. The first-order valence-corrected chi connectivity index (χ1v) is 6.22. The predicted molar refractivity (Wildman–Crippen MR) is 66.4 cm³/mol. The molecular formula is C12H25N3O. The van der Waals surface area contributed by atoms with Gasteiger partial charge in [0.15, 0.2) is 0 Å². The van der Waals surface area contributed by atoms with Gasteiger partial charge in [0.05, 0.1) is 5.41 Å². The summed E-state index contributed by atoms with van der Waals surface area (Å²) in [6, 6.07) is 0.555. The van der Waals surface area contributed by atoms with E-state index in [9.17, 15) is 4.79 Å². The van der Waals surface area contributed by atoms with E-state index in [0.717, 1.165) is 26.1 Å². The summed E-state index contributed by atoms with van der Waals surface area (Å²) in [4.78, 5) is 11.6. The Morgan fingerprint density at radius 2 is 2.12 bits per heavy atom.